The molecular weight excluding hydrogens is 236 g/mol. The molecule has 1 amide bonds. The summed E-state index contributed by atoms with van der Waals surface area (Å²) in [6, 6.07) is 0. The molecule has 1 N–H and O–H groups in total. The highest BCUT2D eigenvalue weighted by Gasteiger charge is 2.11. The number of nitrogens with one attached hydrogen (secondary N) is 1. The van der Waals surface area contributed by atoms with E-state index in [9.17, 15) is 4.79 Å². The topological polar surface area (TPSA) is 32.3 Å². The average Bonchev–Trinajstić information content (AvgIpc) is 2.35. The maximum absolute atomic E-state index is 10.9. The minimum absolute atomic E-state index is 0.0305. The number of rotatable bonds is 7. The van der Waals surface area contributed by atoms with Gasteiger partial charge >= 0.3 is 0 Å². The van der Waals surface area contributed by atoms with E-state index < -0.39 is 0 Å². The van der Waals surface area contributed by atoms with Crippen molar-refractivity contribution in [2.75, 3.05) is 27.2 Å². The second kappa shape index (κ2) is 12.2. The molecule has 0 saturated heterocycles. The second-order valence-electron chi connectivity index (χ2n) is 5.71. The van der Waals surface area contributed by atoms with Crippen LogP contribution in [0.15, 0.2) is 12.2 Å². The SMILES string of the molecule is CCCC(C)(C)CC.CCNC/C=C/C(=O)N(C)C. The van der Waals surface area contributed by atoms with Gasteiger partial charge in [-0.2, -0.15) is 0 Å². The van der Waals surface area contributed by atoms with Crippen molar-refractivity contribution in [3.8, 4) is 0 Å². The Morgan fingerprint density at radius 3 is 2.11 bits per heavy atom. The first-order chi connectivity index (χ1) is 8.80. The van der Waals surface area contributed by atoms with Crippen molar-refractivity contribution in [2.24, 2.45) is 5.41 Å². The van der Waals surface area contributed by atoms with Gasteiger partial charge in [0.1, 0.15) is 0 Å². The Labute approximate surface area is 120 Å². The lowest BCUT2D eigenvalue weighted by molar-refractivity contribution is -0.123. The average molecular weight is 270 g/mol. The number of hydrogen-bond donors (Lipinski definition) is 1. The summed E-state index contributed by atoms with van der Waals surface area (Å²) in [5.74, 6) is 0.0305. The van der Waals surface area contributed by atoms with Crippen LogP contribution >= 0.6 is 0 Å². The van der Waals surface area contributed by atoms with E-state index in [1.807, 2.05) is 13.0 Å². The molecule has 0 aromatic rings. The molecule has 19 heavy (non-hydrogen) atoms. The van der Waals surface area contributed by atoms with Crippen LogP contribution in [-0.4, -0.2) is 38.0 Å². The molecule has 0 bridgehead atoms. The van der Waals surface area contributed by atoms with Crippen molar-refractivity contribution in [1.29, 1.82) is 0 Å². The molecule has 0 unspecified atom stereocenters. The maximum Gasteiger partial charge on any atom is 0.245 e. The van der Waals surface area contributed by atoms with Gasteiger partial charge in [0.05, 0.1) is 0 Å². The molecule has 0 rings (SSSR count). The zero-order valence-corrected chi connectivity index (χ0v) is 14.0. The third-order valence-electron chi connectivity index (χ3n) is 3.10. The molecule has 0 aliphatic heterocycles. The first-order valence-electron chi connectivity index (χ1n) is 7.39. The lowest BCUT2D eigenvalue weighted by Crippen LogP contribution is -2.19. The highest BCUT2D eigenvalue weighted by Crippen LogP contribution is 2.25. The molecule has 0 spiro atoms. The molecule has 0 atom stereocenters. The fourth-order valence-corrected chi connectivity index (χ4v) is 1.39. The Balaban J connectivity index is 0. The molecular formula is C16H34N2O. The van der Waals surface area contributed by atoms with Crippen molar-refractivity contribution in [3.63, 3.8) is 0 Å². The normalized spacial score (nSPS) is 11.1. The Morgan fingerprint density at radius 1 is 1.21 bits per heavy atom. The molecule has 0 aliphatic carbocycles. The number of likely N-dealkylation sites (N-methyl/N-ethyl adjacent to an activating group) is 2. The van der Waals surface area contributed by atoms with Gasteiger partial charge in [-0.25, -0.2) is 0 Å². The fourth-order valence-electron chi connectivity index (χ4n) is 1.39. The van der Waals surface area contributed by atoms with Crippen LogP contribution in [0.4, 0.5) is 0 Å². The third-order valence-corrected chi connectivity index (χ3v) is 3.10. The van der Waals surface area contributed by atoms with Crippen molar-refractivity contribution < 1.29 is 4.79 Å². The molecule has 0 aliphatic rings. The summed E-state index contributed by atoms with van der Waals surface area (Å²) in [5.41, 5.74) is 0.592. The molecule has 0 aromatic carbocycles. The summed E-state index contributed by atoms with van der Waals surface area (Å²) >= 11 is 0. The van der Waals surface area contributed by atoms with Crippen LogP contribution in [0, 0.1) is 5.41 Å². The summed E-state index contributed by atoms with van der Waals surface area (Å²) in [7, 11) is 3.47. The molecule has 0 fully saturated rings. The predicted octanol–water partition coefficient (Wildman–Crippen LogP) is 3.46. The monoisotopic (exact) mass is 270 g/mol. The number of carbonyl (C=O) groups excluding carboxylic acids is 1. The van der Waals surface area contributed by atoms with E-state index in [0.717, 1.165) is 13.1 Å². The van der Waals surface area contributed by atoms with Crippen LogP contribution < -0.4 is 5.32 Å². The zero-order chi connectivity index (χ0) is 15.3. The summed E-state index contributed by atoms with van der Waals surface area (Å²) in [4.78, 5) is 12.5. The van der Waals surface area contributed by atoms with Crippen LogP contribution in [0.5, 0.6) is 0 Å². The largest absolute Gasteiger partial charge is 0.345 e. The molecule has 0 radical (unpaired) electrons. The number of nitrogens with zero attached hydrogens (tertiary/aromatic N) is 1. The van der Waals surface area contributed by atoms with Crippen LogP contribution in [0.1, 0.15) is 53.9 Å². The van der Waals surface area contributed by atoms with E-state index >= 15 is 0 Å². The van der Waals surface area contributed by atoms with Gasteiger partial charge in [0.25, 0.3) is 0 Å². The van der Waals surface area contributed by atoms with Gasteiger partial charge in [-0.15, -0.1) is 0 Å². The summed E-state index contributed by atoms with van der Waals surface area (Å²) in [6.45, 7) is 12.9. The minimum atomic E-state index is 0.0305. The standard InChI is InChI=1S/C8H16N2O.C8H18/c1-4-9-7-5-6-8(11)10(2)3;1-5-7-8(3,4)6-2/h5-6,9H,4,7H2,1-3H3;5-7H2,1-4H3/b6-5+;. The van der Waals surface area contributed by atoms with Gasteiger partial charge < -0.3 is 10.2 Å². The Bertz CT molecular complexity index is 245. The van der Waals surface area contributed by atoms with E-state index in [0.29, 0.717) is 5.41 Å². The number of carbonyl (C=O) groups is 1. The van der Waals surface area contributed by atoms with E-state index in [1.54, 1.807) is 25.1 Å². The molecule has 114 valence electrons. The first kappa shape index (κ1) is 20.5. The zero-order valence-electron chi connectivity index (χ0n) is 14.0. The fraction of sp³-hybridized carbons (Fsp3) is 0.812. The third kappa shape index (κ3) is 15.1. The number of amides is 1. The highest BCUT2D eigenvalue weighted by molar-refractivity contribution is 5.87. The van der Waals surface area contributed by atoms with Crippen molar-refractivity contribution in [3.05, 3.63) is 12.2 Å². The van der Waals surface area contributed by atoms with Gasteiger partial charge in [0.2, 0.25) is 5.91 Å². The van der Waals surface area contributed by atoms with E-state index in [2.05, 4.69) is 33.0 Å². The molecule has 0 saturated carbocycles. The predicted molar refractivity (Wildman–Crippen MR) is 85.4 cm³/mol. The van der Waals surface area contributed by atoms with Gasteiger partial charge in [0, 0.05) is 26.7 Å². The number of hydrogen-bond acceptors (Lipinski definition) is 2. The quantitative estimate of drug-likeness (QED) is 0.567. The minimum Gasteiger partial charge on any atom is -0.345 e. The first-order valence-corrected chi connectivity index (χ1v) is 7.39. The Morgan fingerprint density at radius 2 is 1.79 bits per heavy atom. The van der Waals surface area contributed by atoms with Crippen molar-refractivity contribution in [1.82, 2.24) is 10.2 Å². The lowest BCUT2D eigenvalue weighted by Gasteiger charge is -2.20. The lowest BCUT2D eigenvalue weighted by atomic mass is 9.86. The highest BCUT2D eigenvalue weighted by atomic mass is 16.2. The van der Waals surface area contributed by atoms with E-state index in [-0.39, 0.29) is 5.91 Å². The molecule has 0 heterocycles. The summed E-state index contributed by atoms with van der Waals surface area (Å²) in [6.07, 6.45) is 7.39. The Hall–Kier alpha value is -0.830. The van der Waals surface area contributed by atoms with Crippen LogP contribution in [-0.2, 0) is 4.79 Å². The maximum atomic E-state index is 10.9. The van der Waals surface area contributed by atoms with Gasteiger partial charge in [-0.05, 0) is 18.4 Å². The van der Waals surface area contributed by atoms with Crippen LogP contribution in [0.25, 0.3) is 0 Å². The Kier molecular flexibility index (Phi) is 13.2. The van der Waals surface area contributed by atoms with Crippen LogP contribution in [0.2, 0.25) is 0 Å². The molecule has 3 heteroatoms. The van der Waals surface area contributed by atoms with E-state index in [1.165, 1.54) is 19.3 Å². The molecule has 3 nitrogen and oxygen atoms in total. The van der Waals surface area contributed by atoms with E-state index in [4.69, 9.17) is 0 Å². The molecule has 0 aromatic heterocycles. The second-order valence-corrected chi connectivity index (χ2v) is 5.71. The van der Waals surface area contributed by atoms with Gasteiger partial charge in [-0.3, -0.25) is 4.79 Å². The van der Waals surface area contributed by atoms with Crippen molar-refractivity contribution in [2.45, 2.75) is 53.9 Å². The van der Waals surface area contributed by atoms with Gasteiger partial charge in [0.15, 0.2) is 0 Å². The summed E-state index contributed by atoms with van der Waals surface area (Å²) < 4.78 is 0. The summed E-state index contributed by atoms with van der Waals surface area (Å²) in [5, 5.41) is 3.08. The van der Waals surface area contributed by atoms with Crippen molar-refractivity contribution >= 4 is 5.91 Å². The van der Waals surface area contributed by atoms with Gasteiger partial charge in [-0.1, -0.05) is 53.5 Å². The van der Waals surface area contributed by atoms with Crippen LogP contribution in [0.3, 0.4) is 0 Å². The smallest absolute Gasteiger partial charge is 0.245 e.